The first-order chi connectivity index (χ1) is 6.49. The third-order valence-corrected chi connectivity index (χ3v) is 2.32. The molecule has 0 aromatic carbocycles. The predicted octanol–water partition coefficient (Wildman–Crippen LogP) is 2.91. The lowest BCUT2D eigenvalue weighted by Gasteiger charge is -2.20. The first-order valence-electron chi connectivity index (χ1n) is 5.14. The minimum atomic E-state index is 0.128. The molecule has 0 saturated carbocycles. The van der Waals surface area contributed by atoms with Gasteiger partial charge in [-0.2, -0.15) is 0 Å². The third-order valence-electron chi connectivity index (χ3n) is 2.32. The van der Waals surface area contributed by atoms with Crippen molar-refractivity contribution >= 4 is 0 Å². The summed E-state index contributed by atoms with van der Waals surface area (Å²) in [5.41, 5.74) is 7.56. The molecule has 0 radical (unpaired) electrons. The number of pyridine rings is 1. The molecule has 2 N–H and O–H groups in total. The normalized spacial score (nSPS) is 14.0. The standard InChI is InChI=1S/C12H20N2/c1-12(2,3)7-6-11(13)10-5-4-8-14-9-10/h4-5,8-9,11H,6-7,13H2,1-3H3. The molecule has 2 nitrogen and oxygen atoms in total. The molecule has 14 heavy (non-hydrogen) atoms. The summed E-state index contributed by atoms with van der Waals surface area (Å²) < 4.78 is 0. The van der Waals surface area contributed by atoms with Gasteiger partial charge in [-0.1, -0.05) is 26.8 Å². The van der Waals surface area contributed by atoms with Crippen LogP contribution in [0, 0.1) is 5.41 Å². The number of hydrogen-bond acceptors (Lipinski definition) is 2. The summed E-state index contributed by atoms with van der Waals surface area (Å²) in [6, 6.07) is 4.11. The predicted molar refractivity (Wildman–Crippen MR) is 59.9 cm³/mol. The zero-order valence-corrected chi connectivity index (χ0v) is 9.33. The molecule has 0 bridgehead atoms. The quantitative estimate of drug-likeness (QED) is 0.799. The molecule has 0 saturated heterocycles. The van der Waals surface area contributed by atoms with Crippen LogP contribution in [0.4, 0.5) is 0 Å². The summed E-state index contributed by atoms with van der Waals surface area (Å²) in [7, 11) is 0. The Kier molecular flexibility index (Phi) is 3.64. The van der Waals surface area contributed by atoms with Gasteiger partial charge in [-0.25, -0.2) is 0 Å². The largest absolute Gasteiger partial charge is 0.324 e. The molecule has 0 aliphatic rings. The number of nitrogens with two attached hydrogens (primary N) is 1. The molecule has 0 spiro atoms. The van der Waals surface area contributed by atoms with Gasteiger partial charge in [0, 0.05) is 18.4 Å². The Labute approximate surface area is 86.5 Å². The number of hydrogen-bond donors (Lipinski definition) is 1. The molecule has 2 heteroatoms. The van der Waals surface area contributed by atoms with Gasteiger partial charge >= 0.3 is 0 Å². The maximum Gasteiger partial charge on any atom is 0.0315 e. The summed E-state index contributed by atoms with van der Waals surface area (Å²) in [6.07, 6.45) is 5.80. The van der Waals surface area contributed by atoms with Crippen LogP contribution in [0.2, 0.25) is 0 Å². The van der Waals surface area contributed by atoms with Gasteiger partial charge in [0.25, 0.3) is 0 Å². The maximum absolute atomic E-state index is 6.06. The smallest absolute Gasteiger partial charge is 0.0315 e. The van der Waals surface area contributed by atoms with Gasteiger partial charge in [-0.3, -0.25) is 4.98 Å². The van der Waals surface area contributed by atoms with E-state index in [0.29, 0.717) is 5.41 Å². The SMILES string of the molecule is CC(C)(C)CCC(N)c1cccnc1. The van der Waals surface area contributed by atoms with Gasteiger partial charge in [-0.05, 0) is 29.9 Å². The molecule has 78 valence electrons. The van der Waals surface area contributed by atoms with Crippen LogP contribution >= 0.6 is 0 Å². The Hall–Kier alpha value is -0.890. The lowest BCUT2D eigenvalue weighted by molar-refractivity contribution is 0.349. The second kappa shape index (κ2) is 4.56. The highest BCUT2D eigenvalue weighted by molar-refractivity contribution is 5.12. The van der Waals surface area contributed by atoms with E-state index in [1.54, 1.807) is 6.20 Å². The van der Waals surface area contributed by atoms with Gasteiger partial charge in [0.05, 0.1) is 0 Å². The molecule has 1 unspecified atom stereocenters. The second-order valence-corrected chi connectivity index (χ2v) is 4.99. The molecule has 1 rings (SSSR count). The first-order valence-corrected chi connectivity index (χ1v) is 5.14. The summed E-state index contributed by atoms with van der Waals surface area (Å²) in [4.78, 5) is 4.07. The van der Waals surface area contributed by atoms with Crippen molar-refractivity contribution in [3.63, 3.8) is 0 Å². The third kappa shape index (κ3) is 3.88. The van der Waals surface area contributed by atoms with Gasteiger partial charge in [0.1, 0.15) is 0 Å². The zero-order chi connectivity index (χ0) is 10.6. The van der Waals surface area contributed by atoms with Crippen molar-refractivity contribution < 1.29 is 0 Å². The van der Waals surface area contributed by atoms with Crippen LogP contribution in [-0.4, -0.2) is 4.98 Å². The van der Waals surface area contributed by atoms with E-state index in [0.717, 1.165) is 18.4 Å². The van der Waals surface area contributed by atoms with Crippen molar-refractivity contribution in [1.82, 2.24) is 4.98 Å². The van der Waals surface area contributed by atoms with Crippen LogP contribution in [0.5, 0.6) is 0 Å². The van der Waals surface area contributed by atoms with Crippen molar-refractivity contribution in [3.8, 4) is 0 Å². The lowest BCUT2D eigenvalue weighted by atomic mass is 9.88. The fourth-order valence-corrected chi connectivity index (χ4v) is 1.35. The fourth-order valence-electron chi connectivity index (χ4n) is 1.35. The van der Waals surface area contributed by atoms with Gasteiger partial charge in [0.15, 0.2) is 0 Å². The fraction of sp³-hybridized carbons (Fsp3) is 0.583. The molecule has 1 aromatic heterocycles. The van der Waals surface area contributed by atoms with Crippen LogP contribution in [0.1, 0.15) is 45.2 Å². The van der Waals surface area contributed by atoms with E-state index >= 15 is 0 Å². The highest BCUT2D eigenvalue weighted by Gasteiger charge is 2.13. The number of rotatable bonds is 3. The Morgan fingerprint density at radius 2 is 2.14 bits per heavy atom. The maximum atomic E-state index is 6.06. The zero-order valence-electron chi connectivity index (χ0n) is 9.33. The molecule has 1 atom stereocenters. The second-order valence-electron chi connectivity index (χ2n) is 4.99. The number of aromatic nitrogens is 1. The van der Waals surface area contributed by atoms with E-state index in [1.165, 1.54) is 0 Å². The van der Waals surface area contributed by atoms with E-state index < -0.39 is 0 Å². The summed E-state index contributed by atoms with van der Waals surface area (Å²) >= 11 is 0. The van der Waals surface area contributed by atoms with E-state index in [-0.39, 0.29) is 6.04 Å². The van der Waals surface area contributed by atoms with Gasteiger partial charge in [-0.15, -0.1) is 0 Å². The van der Waals surface area contributed by atoms with Crippen molar-refractivity contribution in [2.45, 2.75) is 39.7 Å². The highest BCUT2D eigenvalue weighted by Crippen LogP contribution is 2.25. The average molecular weight is 192 g/mol. The monoisotopic (exact) mass is 192 g/mol. The van der Waals surface area contributed by atoms with Crippen LogP contribution < -0.4 is 5.73 Å². The summed E-state index contributed by atoms with van der Waals surface area (Å²) in [5, 5.41) is 0. The van der Waals surface area contributed by atoms with Crippen LogP contribution in [-0.2, 0) is 0 Å². The van der Waals surface area contributed by atoms with Crippen molar-refractivity contribution in [1.29, 1.82) is 0 Å². The van der Waals surface area contributed by atoms with E-state index in [9.17, 15) is 0 Å². The lowest BCUT2D eigenvalue weighted by Crippen LogP contribution is -2.14. The van der Waals surface area contributed by atoms with E-state index in [4.69, 9.17) is 5.73 Å². The Bertz CT molecular complexity index is 261. The molecule has 0 aliphatic carbocycles. The molecular formula is C12H20N2. The van der Waals surface area contributed by atoms with Gasteiger partial charge in [0.2, 0.25) is 0 Å². The van der Waals surface area contributed by atoms with Crippen molar-refractivity contribution in [3.05, 3.63) is 30.1 Å². The molecule has 0 aliphatic heterocycles. The molecule has 0 amide bonds. The molecule has 0 fully saturated rings. The topological polar surface area (TPSA) is 38.9 Å². The van der Waals surface area contributed by atoms with Crippen molar-refractivity contribution in [2.24, 2.45) is 11.1 Å². The molecule has 1 heterocycles. The minimum absolute atomic E-state index is 0.128. The van der Waals surface area contributed by atoms with Gasteiger partial charge < -0.3 is 5.73 Å². The molecule has 1 aromatic rings. The Balaban J connectivity index is 2.48. The Morgan fingerprint density at radius 3 is 2.64 bits per heavy atom. The highest BCUT2D eigenvalue weighted by atomic mass is 14.7. The van der Waals surface area contributed by atoms with Crippen molar-refractivity contribution in [2.75, 3.05) is 0 Å². The van der Waals surface area contributed by atoms with Crippen LogP contribution in [0.15, 0.2) is 24.5 Å². The minimum Gasteiger partial charge on any atom is -0.324 e. The van der Waals surface area contributed by atoms with E-state index in [2.05, 4.69) is 25.8 Å². The first kappa shape index (κ1) is 11.2. The Morgan fingerprint density at radius 1 is 1.43 bits per heavy atom. The van der Waals surface area contributed by atoms with Crippen LogP contribution in [0.25, 0.3) is 0 Å². The summed E-state index contributed by atoms with van der Waals surface area (Å²) in [6.45, 7) is 6.72. The average Bonchev–Trinajstić information content (AvgIpc) is 2.14. The number of nitrogens with zero attached hydrogens (tertiary/aromatic N) is 1. The summed E-state index contributed by atoms with van der Waals surface area (Å²) in [5.74, 6) is 0. The molecular weight excluding hydrogens is 172 g/mol. The van der Waals surface area contributed by atoms with E-state index in [1.807, 2.05) is 18.3 Å². The van der Waals surface area contributed by atoms with Crippen LogP contribution in [0.3, 0.4) is 0 Å².